The van der Waals surface area contributed by atoms with Crippen LogP contribution in [0.4, 0.5) is 10.2 Å². The molecule has 1 amide bonds. The number of pyridine rings is 1. The molecule has 30 heavy (non-hydrogen) atoms. The van der Waals surface area contributed by atoms with Gasteiger partial charge in [0.25, 0.3) is 5.91 Å². The molecule has 0 radical (unpaired) electrons. The van der Waals surface area contributed by atoms with Gasteiger partial charge in [0.2, 0.25) is 0 Å². The van der Waals surface area contributed by atoms with Crippen molar-refractivity contribution in [3.8, 4) is 22.4 Å². The fraction of sp³-hybridized carbons (Fsp3) is 0.333. The van der Waals surface area contributed by atoms with Gasteiger partial charge < -0.3 is 15.4 Å². The molecule has 3 N–H and O–H groups in total. The molecule has 9 heteroatoms. The Morgan fingerprint density at radius 1 is 1.23 bits per heavy atom. The summed E-state index contributed by atoms with van der Waals surface area (Å²) in [5.74, 6) is -0.426. The smallest absolute Gasteiger partial charge is 0.256 e. The third-order valence-corrected chi connectivity index (χ3v) is 5.16. The van der Waals surface area contributed by atoms with Crippen molar-refractivity contribution in [2.24, 2.45) is 0 Å². The fourth-order valence-corrected chi connectivity index (χ4v) is 3.46. The summed E-state index contributed by atoms with van der Waals surface area (Å²) in [6.45, 7) is 5.89. The van der Waals surface area contributed by atoms with Gasteiger partial charge in [-0.25, -0.2) is 9.37 Å². The van der Waals surface area contributed by atoms with Gasteiger partial charge in [-0.15, -0.1) is 5.10 Å². The summed E-state index contributed by atoms with van der Waals surface area (Å²) in [5, 5.41) is 10.9. The minimum atomic E-state index is -0.577. The molecular formula is C21H23FN6O2. The Morgan fingerprint density at radius 3 is 2.70 bits per heavy atom. The molecule has 156 valence electrons. The number of halogens is 1. The standard InChI is InChI=1S/C21H23FN6O2/c1-12(2)18-19(26-27-25-18)16-9-14(11-24-20(16)23)13-3-4-15(17(22)10-13)21(29)28-5-7-30-8-6-28/h3-4,9-12H,5-8H2,1-2H3,(H2,23,24)(H,25,26,27). The Bertz CT molecular complexity index is 1080. The summed E-state index contributed by atoms with van der Waals surface area (Å²) in [5.41, 5.74) is 9.47. The number of hydrogen-bond acceptors (Lipinski definition) is 6. The van der Waals surface area contributed by atoms with Crippen LogP contribution >= 0.6 is 0 Å². The Morgan fingerprint density at radius 2 is 2.00 bits per heavy atom. The second kappa shape index (κ2) is 8.19. The second-order valence-corrected chi connectivity index (χ2v) is 7.48. The minimum Gasteiger partial charge on any atom is -0.383 e. The maximum Gasteiger partial charge on any atom is 0.256 e. The number of nitrogen functional groups attached to an aromatic ring is 1. The first-order valence-corrected chi connectivity index (χ1v) is 9.79. The zero-order valence-electron chi connectivity index (χ0n) is 16.9. The number of benzene rings is 1. The molecule has 0 bridgehead atoms. The van der Waals surface area contributed by atoms with Crippen molar-refractivity contribution in [1.82, 2.24) is 25.3 Å². The predicted octanol–water partition coefficient (Wildman–Crippen LogP) is 2.85. The second-order valence-electron chi connectivity index (χ2n) is 7.48. The molecule has 3 aromatic rings. The number of ether oxygens (including phenoxy) is 1. The van der Waals surface area contributed by atoms with Crippen molar-refractivity contribution < 1.29 is 13.9 Å². The summed E-state index contributed by atoms with van der Waals surface area (Å²) < 4.78 is 20.1. The van der Waals surface area contributed by atoms with Gasteiger partial charge >= 0.3 is 0 Å². The molecule has 0 unspecified atom stereocenters. The van der Waals surface area contributed by atoms with E-state index in [2.05, 4.69) is 20.4 Å². The molecular weight excluding hydrogens is 387 g/mol. The van der Waals surface area contributed by atoms with E-state index in [0.717, 1.165) is 5.69 Å². The monoisotopic (exact) mass is 410 g/mol. The van der Waals surface area contributed by atoms with Crippen LogP contribution in [0.3, 0.4) is 0 Å². The van der Waals surface area contributed by atoms with Gasteiger partial charge in [-0.05, 0) is 29.7 Å². The largest absolute Gasteiger partial charge is 0.383 e. The highest BCUT2D eigenvalue weighted by Gasteiger charge is 2.22. The number of carbonyl (C=O) groups excluding carboxylic acids is 1. The zero-order valence-corrected chi connectivity index (χ0v) is 16.9. The number of aromatic amines is 1. The number of nitrogens with zero attached hydrogens (tertiary/aromatic N) is 4. The van der Waals surface area contributed by atoms with Gasteiger partial charge in [-0.2, -0.15) is 0 Å². The Kier molecular flexibility index (Phi) is 5.45. The van der Waals surface area contributed by atoms with Crippen LogP contribution in [-0.2, 0) is 4.74 Å². The molecule has 0 aliphatic carbocycles. The Labute approximate surface area is 173 Å². The molecule has 8 nitrogen and oxygen atoms in total. The third-order valence-electron chi connectivity index (χ3n) is 5.16. The topological polar surface area (TPSA) is 110 Å². The average molecular weight is 410 g/mol. The molecule has 1 aromatic carbocycles. The van der Waals surface area contributed by atoms with Crippen LogP contribution in [0.2, 0.25) is 0 Å². The molecule has 0 spiro atoms. The van der Waals surface area contributed by atoms with E-state index in [1.807, 2.05) is 19.9 Å². The Balaban J connectivity index is 1.67. The first-order valence-electron chi connectivity index (χ1n) is 9.79. The number of anilines is 1. The van der Waals surface area contributed by atoms with E-state index in [-0.39, 0.29) is 17.4 Å². The summed E-state index contributed by atoms with van der Waals surface area (Å²) in [6, 6.07) is 6.37. The lowest BCUT2D eigenvalue weighted by Gasteiger charge is -2.27. The summed E-state index contributed by atoms with van der Waals surface area (Å²) in [4.78, 5) is 18.5. The number of amides is 1. The van der Waals surface area contributed by atoms with Gasteiger partial charge in [-0.1, -0.05) is 25.1 Å². The average Bonchev–Trinajstić information content (AvgIpc) is 3.24. The lowest BCUT2D eigenvalue weighted by Crippen LogP contribution is -2.41. The van der Waals surface area contributed by atoms with Gasteiger partial charge in [0.15, 0.2) is 0 Å². The molecule has 1 saturated heterocycles. The number of hydrogen-bond donors (Lipinski definition) is 2. The van der Waals surface area contributed by atoms with Gasteiger partial charge in [0, 0.05) is 30.4 Å². The summed E-state index contributed by atoms with van der Waals surface area (Å²) in [7, 11) is 0. The fourth-order valence-electron chi connectivity index (χ4n) is 3.46. The van der Waals surface area contributed by atoms with E-state index in [0.29, 0.717) is 54.5 Å². The lowest BCUT2D eigenvalue weighted by atomic mass is 9.99. The minimum absolute atomic E-state index is 0.0443. The number of H-pyrrole nitrogens is 1. The number of aromatic nitrogens is 4. The van der Waals surface area contributed by atoms with Crippen LogP contribution in [-0.4, -0.2) is 57.5 Å². The van der Waals surface area contributed by atoms with E-state index >= 15 is 0 Å². The van der Waals surface area contributed by atoms with Crippen LogP contribution in [0.25, 0.3) is 22.4 Å². The van der Waals surface area contributed by atoms with Crippen molar-refractivity contribution in [1.29, 1.82) is 0 Å². The van der Waals surface area contributed by atoms with E-state index in [4.69, 9.17) is 10.5 Å². The number of nitrogens with two attached hydrogens (primary N) is 1. The van der Waals surface area contributed by atoms with E-state index in [9.17, 15) is 9.18 Å². The van der Waals surface area contributed by atoms with Crippen LogP contribution in [0.5, 0.6) is 0 Å². The zero-order chi connectivity index (χ0) is 21.3. The van der Waals surface area contributed by atoms with E-state index in [1.54, 1.807) is 17.2 Å². The van der Waals surface area contributed by atoms with Crippen molar-refractivity contribution in [3.63, 3.8) is 0 Å². The number of morpholine rings is 1. The van der Waals surface area contributed by atoms with Crippen molar-refractivity contribution in [3.05, 3.63) is 47.5 Å². The molecule has 1 aliphatic rings. The van der Waals surface area contributed by atoms with E-state index in [1.165, 1.54) is 12.1 Å². The van der Waals surface area contributed by atoms with Crippen LogP contribution < -0.4 is 5.73 Å². The van der Waals surface area contributed by atoms with Crippen LogP contribution in [0, 0.1) is 5.82 Å². The molecule has 0 atom stereocenters. The third kappa shape index (κ3) is 3.76. The number of nitrogens with one attached hydrogen (secondary N) is 1. The molecule has 0 saturated carbocycles. The van der Waals surface area contributed by atoms with Crippen molar-refractivity contribution >= 4 is 11.7 Å². The predicted molar refractivity (Wildman–Crippen MR) is 110 cm³/mol. The molecule has 1 fully saturated rings. The summed E-state index contributed by atoms with van der Waals surface area (Å²) in [6.07, 6.45) is 1.58. The van der Waals surface area contributed by atoms with Crippen molar-refractivity contribution in [2.45, 2.75) is 19.8 Å². The summed E-state index contributed by atoms with van der Waals surface area (Å²) >= 11 is 0. The lowest BCUT2D eigenvalue weighted by molar-refractivity contribution is 0.0300. The van der Waals surface area contributed by atoms with Crippen LogP contribution in [0.15, 0.2) is 30.5 Å². The molecule has 2 aromatic heterocycles. The highest BCUT2D eigenvalue weighted by atomic mass is 19.1. The van der Waals surface area contributed by atoms with Crippen LogP contribution in [0.1, 0.15) is 35.8 Å². The van der Waals surface area contributed by atoms with E-state index < -0.39 is 5.82 Å². The number of carbonyl (C=O) groups is 1. The normalized spacial score (nSPS) is 14.3. The van der Waals surface area contributed by atoms with Crippen molar-refractivity contribution in [2.75, 3.05) is 32.0 Å². The van der Waals surface area contributed by atoms with Gasteiger partial charge in [0.05, 0.1) is 24.5 Å². The first-order chi connectivity index (χ1) is 14.5. The van der Waals surface area contributed by atoms with Gasteiger partial charge in [-0.3, -0.25) is 9.89 Å². The van der Waals surface area contributed by atoms with Gasteiger partial charge in [0.1, 0.15) is 17.3 Å². The first kappa shape index (κ1) is 20.0. The number of rotatable bonds is 4. The SMILES string of the molecule is CC(C)c1[nH]nnc1-c1cc(-c2ccc(C(=O)N3CCOCC3)c(F)c2)cnc1N. The molecule has 4 rings (SSSR count). The Hall–Kier alpha value is -3.33. The molecule has 3 heterocycles. The quantitative estimate of drug-likeness (QED) is 0.684. The maximum atomic E-state index is 14.8. The maximum absolute atomic E-state index is 14.8. The highest BCUT2D eigenvalue weighted by molar-refractivity contribution is 5.95. The molecule has 1 aliphatic heterocycles. The highest BCUT2D eigenvalue weighted by Crippen LogP contribution is 2.32.